The van der Waals surface area contributed by atoms with Gasteiger partial charge in [0.2, 0.25) is 0 Å². The Bertz CT molecular complexity index is 848. The summed E-state index contributed by atoms with van der Waals surface area (Å²) in [5.74, 6) is 1.71. The van der Waals surface area contributed by atoms with Gasteiger partial charge in [0.05, 0.1) is 13.2 Å². The zero-order valence-electron chi connectivity index (χ0n) is 15.3. The highest BCUT2D eigenvalue weighted by molar-refractivity contribution is 5.95. The summed E-state index contributed by atoms with van der Waals surface area (Å²) in [4.78, 5) is 15.1. The summed E-state index contributed by atoms with van der Waals surface area (Å²) in [5.41, 5.74) is 0.363. The Balaban J connectivity index is 1.64. The Hall–Kier alpha value is -2.44. The summed E-state index contributed by atoms with van der Waals surface area (Å²) in [6.07, 6.45) is 2.59. The number of halogens is 1. The lowest BCUT2D eigenvalue weighted by Gasteiger charge is -2.28. The summed E-state index contributed by atoms with van der Waals surface area (Å²) in [6, 6.07) is 4.59. The molecular weight excluding hydrogens is 335 g/mol. The molecule has 26 heavy (non-hydrogen) atoms. The van der Waals surface area contributed by atoms with E-state index < -0.39 is 5.82 Å². The van der Waals surface area contributed by atoms with Gasteiger partial charge in [0, 0.05) is 30.5 Å². The van der Waals surface area contributed by atoms with Crippen LogP contribution in [0.5, 0.6) is 5.75 Å². The van der Waals surface area contributed by atoms with E-state index in [1.807, 2.05) is 4.90 Å². The molecule has 1 amide bonds. The fourth-order valence-corrected chi connectivity index (χ4v) is 4.17. The molecule has 2 aliphatic rings. The van der Waals surface area contributed by atoms with E-state index in [4.69, 9.17) is 4.74 Å². The molecule has 0 N–H and O–H groups in total. The third-order valence-corrected chi connectivity index (χ3v) is 5.44. The van der Waals surface area contributed by atoms with Gasteiger partial charge in [-0.25, -0.2) is 4.39 Å². The first-order valence-electron chi connectivity index (χ1n) is 9.07. The van der Waals surface area contributed by atoms with E-state index in [1.54, 1.807) is 6.07 Å². The second-order valence-corrected chi connectivity index (χ2v) is 7.39. The lowest BCUT2D eigenvalue weighted by Crippen LogP contribution is -2.42. The molecule has 1 saturated heterocycles. The highest BCUT2D eigenvalue weighted by atomic mass is 19.1. The second-order valence-electron chi connectivity index (χ2n) is 7.39. The number of carbonyl (C=O) groups is 1. The van der Waals surface area contributed by atoms with Crippen LogP contribution >= 0.6 is 0 Å². The van der Waals surface area contributed by atoms with Crippen molar-refractivity contribution in [2.45, 2.75) is 57.7 Å². The Morgan fingerprint density at radius 1 is 1.27 bits per heavy atom. The Morgan fingerprint density at radius 3 is 2.73 bits per heavy atom. The largest absolute Gasteiger partial charge is 0.494 e. The average Bonchev–Trinajstić information content (AvgIpc) is 3.14. The van der Waals surface area contributed by atoms with Crippen molar-refractivity contribution in [3.05, 3.63) is 41.2 Å². The zero-order chi connectivity index (χ0) is 18.4. The van der Waals surface area contributed by atoms with Crippen molar-refractivity contribution in [3.63, 3.8) is 0 Å². The third kappa shape index (κ3) is 2.66. The molecule has 1 aromatic carbocycles. The molecule has 0 saturated carbocycles. The highest BCUT2D eigenvalue weighted by Gasteiger charge is 2.41. The van der Waals surface area contributed by atoms with Gasteiger partial charge in [0.25, 0.3) is 5.91 Å². The van der Waals surface area contributed by atoms with Crippen molar-refractivity contribution in [3.8, 4) is 5.75 Å². The van der Waals surface area contributed by atoms with E-state index in [2.05, 4.69) is 28.6 Å². The molecule has 0 aliphatic carbocycles. The smallest absolute Gasteiger partial charge is 0.254 e. The number of hydrogen-bond donors (Lipinski definition) is 0. The lowest BCUT2D eigenvalue weighted by molar-refractivity contribution is 0.0664. The number of fused-ring (bicyclic) bond motifs is 3. The van der Waals surface area contributed by atoms with Crippen molar-refractivity contribution in [2.24, 2.45) is 0 Å². The third-order valence-electron chi connectivity index (χ3n) is 5.44. The van der Waals surface area contributed by atoms with Crippen LogP contribution in [0.2, 0.25) is 0 Å². The summed E-state index contributed by atoms with van der Waals surface area (Å²) in [7, 11) is 1.41. The number of ether oxygens (including phenoxy) is 1. The highest BCUT2D eigenvalue weighted by Crippen LogP contribution is 2.34. The van der Waals surface area contributed by atoms with Crippen molar-refractivity contribution in [2.75, 3.05) is 7.11 Å². The zero-order valence-corrected chi connectivity index (χ0v) is 15.3. The monoisotopic (exact) mass is 358 g/mol. The van der Waals surface area contributed by atoms with Crippen molar-refractivity contribution < 1.29 is 13.9 Å². The van der Waals surface area contributed by atoms with Crippen molar-refractivity contribution in [1.29, 1.82) is 0 Å². The number of benzene rings is 1. The summed E-state index contributed by atoms with van der Waals surface area (Å²) in [5, 5.41) is 8.70. The SMILES string of the molecule is COc1ccc(C(=O)N2C3CCC2Cn2c(nnc2C(C)C)C3)cc1F. The molecule has 6 nitrogen and oxygen atoms in total. The predicted molar refractivity (Wildman–Crippen MR) is 93.7 cm³/mol. The fourth-order valence-electron chi connectivity index (χ4n) is 4.17. The van der Waals surface area contributed by atoms with E-state index in [0.717, 1.165) is 24.5 Å². The van der Waals surface area contributed by atoms with Gasteiger partial charge in [-0.3, -0.25) is 4.79 Å². The number of nitrogens with zero attached hydrogens (tertiary/aromatic N) is 4. The number of rotatable bonds is 3. The Kier molecular flexibility index (Phi) is 4.17. The maximum atomic E-state index is 14.1. The van der Waals surface area contributed by atoms with Crippen LogP contribution in [-0.2, 0) is 13.0 Å². The molecule has 1 aromatic heterocycles. The van der Waals surface area contributed by atoms with Gasteiger partial charge in [0.1, 0.15) is 11.6 Å². The molecule has 2 aromatic rings. The Labute approximate surface area is 152 Å². The topological polar surface area (TPSA) is 60.2 Å². The van der Waals surface area contributed by atoms with Crippen LogP contribution in [0, 0.1) is 5.82 Å². The molecule has 2 bridgehead atoms. The molecule has 2 atom stereocenters. The summed E-state index contributed by atoms with van der Waals surface area (Å²) < 4.78 is 21.2. The number of carbonyl (C=O) groups excluding carboxylic acids is 1. The van der Waals surface area contributed by atoms with Gasteiger partial charge >= 0.3 is 0 Å². The molecule has 2 unspecified atom stereocenters. The van der Waals surface area contributed by atoms with Gasteiger partial charge < -0.3 is 14.2 Å². The minimum Gasteiger partial charge on any atom is -0.494 e. The molecule has 3 heterocycles. The number of methoxy groups -OCH3 is 1. The van der Waals surface area contributed by atoms with Gasteiger partial charge in [-0.05, 0) is 31.0 Å². The molecule has 7 heteroatoms. The summed E-state index contributed by atoms with van der Waals surface area (Å²) in [6.45, 7) is 4.91. The van der Waals surface area contributed by atoms with E-state index in [1.165, 1.54) is 19.2 Å². The fraction of sp³-hybridized carbons (Fsp3) is 0.526. The van der Waals surface area contributed by atoms with E-state index in [0.29, 0.717) is 18.5 Å². The molecule has 2 aliphatic heterocycles. The van der Waals surface area contributed by atoms with Crippen molar-refractivity contribution >= 4 is 5.91 Å². The standard InChI is InChI=1S/C19H23FN4O2/c1-11(2)18-22-21-17-9-13-5-6-14(10-23(17)18)24(13)19(25)12-4-7-16(26-3)15(20)8-12/h4,7-8,11,13-14H,5-6,9-10H2,1-3H3. The van der Waals surface area contributed by atoms with Crippen LogP contribution in [0.15, 0.2) is 18.2 Å². The van der Waals surface area contributed by atoms with E-state index in [-0.39, 0.29) is 29.7 Å². The first-order valence-corrected chi connectivity index (χ1v) is 9.07. The molecule has 0 spiro atoms. The number of aromatic nitrogens is 3. The number of amides is 1. The lowest BCUT2D eigenvalue weighted by atomic mass is 10.1. The van der Waals surface area contributed by atoms with E-state index in [9.17, 15) is 9.18 Å². The predicted octanol–water partition coefficient (Wildman–Crippen LogP) is 2.78. The number of hydrogen-bond acceptors (Lipinski definition) is 4. The maximum Gasteiger partial charge on any atom is 0.254 e. The van der Waals surface area contributed by atoms with Crippen LogP contribution in [0.25, 0.3) is 0 Å². The molecule has 0 radical (unpaired) electrons. The minimum atomic E-state index is -0.514. The van der Waals surface area contributed by atoms with Crippen LogP contribution in [-0.4, -0.2) is 44.8 Å². The van der Waals surface area contributed by atoms with Crippen LogP contribution in [0.4, 0.5) is 4.39 Å². The second kappa shape index (κ2) is 6.37. The first-order chi connectivity index (χ1) is 12.5. The van der Waals surface area contributed by atoms with E-state index >= 15 is 0 Å². The molecule has 1 fully saturated rings. The van der Waals surface area contributed by atoms with Crippen LogP contribution in [0.1, 0.15) is 54.6 Å². The molecule has 138 valence electrons. The first kappa shape index (κ1) is 17.0. The van der Waals surface area contributed by atoms with Gasteiger partial charge in [-0.15, -0.1) is 10.2 Å². The molecule has 4 rings (SSSR count). The Morgan fingerprint density at radius 2 is 2.04 bits per heavy atom. The van der Waals surface area contributed by atoms with Gasteiger partial charge in [0.15, 0.2) is 11.6 Å². The normalized spacial score (nSPS) is 21.7. The maximum absolute atomic E-state index is 14.1. The van der Waals surface area contributed by atoms with Gasteiger partial charge in [-0.1, -0.05) is 13.8 Å². The van der Waals surface area contributed by atoms with Crippen LogP contribution < -0.4 is 4.74 Å². The average molecular weight is 358 g/mol. The van der Waals surface area contributed by atoms with Crippen molar-refractivity contribution in [1.82, 2.24) is 19.7 Å². The minimum absolute atomic E-state index is 0.0862. The quantitative estimate of drug-likeness (QED) is 0.847. The summed E-state index contributed by atoms with van der Waals surface area (Å²) >= 11 is 0. The molecular formula is C19H23FN4O2. The van der Waals surface area contributed by atoms with Gasteiger partial charge in [-0.2, -0.15) is 0 Å². The van der Waals surface area contributed by atoms with Crippen LogP contribution in [0.3, 0.4) is 0 Å².